The maximum Gasteiger partial charge on any atom is 0.244 e. The van der Waals surface area contributed by atoms with E-state index in [1.165, 1.54) is 4.31 Å². The predicted molar refractivity (Wildman–Crippen MR) is 68.3 cm³/mol. The number of benzene rings is 1. The van der Waals surface area contributed by atoms with Crippen molar-refractivity contribution in [2.75, 3.05) is 6.54 Å². The molecule has 5 heteroatoms. The summed E-state index contributed by atoms with van der Waals surface area (Å²) in [6, 6.07) is 8.85. The summed E-state index contributed by atoms with van der Waals surface area (Å²) in [5.41, 5.74) is 1.10. The van der Waals surface area contributed by atoms with E-state index in [1.807, 2.05) is 25.1 Å². The lowest BCUT2D eigenvalue weighted by Crippen LogP contribution is -2.33. The monoisotopic (exact) mass is 264 g/mol. The van der Waals surface area contributed by atoms with Crippen LogP contribution < -0.4 is 0 Å². The molecule has 1 aliphatic rings. The zero-order chi connectivity index (χ0) is 13.2. The third-order valence-corrected chi connectivity index (χ3v) is 5.03. The highest BCUT2D eigenvalue weighted by Gasteiger charge is 2.37. The Hall–Kier alpha value is -1.38. The highest BCUT2D eigenvalue weighted by atomic mass is 32.2. The molecule has 0 aliphatic heterocycles. The molecular formula is C13H16N2O2S. The Morgan fingerprint density at radius 1 is 1.33 bits per heavy atom. The molecule has 0 heterocycles. The molecule has 0 unspecified atom stereocenters. The summed E-state index contributed by atoms with van der Waals surface area (Å²) in [6.45, 7) is 1.96. The molecule has 96 valence electrons. The number of hydrogen-bond acceptors (Lipinski definition) is 3. The van der Waals surface area contributed by atoms with Crippen molar-refractivity contribution in [3.05, 3.63) is 29.8 Å². The van der Waals surface area contributed by atoms with Crippen molar-refractivity contribution >= 4 is 10.0 Å². The van der Waals surface area contributed by atoms with Gasteiger partial charge in [0.1, 0.15) is 6.54 Å². The molecule has 0 amide bonds. The molecule has 0 saturated heterocycles. The molecule has 0 aromatic heterocycles. The minimum absolute atomic E-state index is 0.0144. The van der Waals surface area contributed by atoms with Crippen molar-refractivity contribution in [3.63, 3.8) is 0 Å². The SMILES string of the molecule is CCc1ccc(S(=O)(=O)N(CC#N)C2CC2)cc1. The van der Waals surface area contributed by atoms with Crippen LogP contribution in [0.3, 0.4) is 0 Å². The van der Waals surface area contributed by atoms with E-state index in [2.05, 4.69) is 0 Å². The summed E-state index contributed by atoms with van der Waals surface area (Å²) < 4.78 is 26.1. The molecule has 4 nitrogen and oxygen atoms in total. The van der Waals surface area contributed by atoms with E-state index in [1.54, 1.807) is 12.1 Å². The number of aryl methyl sites for hydroxylation is 1. The summed E-state index contributed by atoms with van der Waals surface area (Å²) in [5, 5.41) is 8.75. The van der Waals surface area contributed by atoms with Gasteiger partial charge in [-0.3, -0.25) is 0 Å². The lowest BCUT2D eigenvalue weighted by atomic mass is 10.2. The summed E-state index contributed by atoms with van der Waals surface area (Å²) >= 11 is 0. The fourth-order valence-electron chi connectivity index (χ4n) is 1.88. The summed E-state index contributed by atoms with van der Waals surface area (Å²) in [7, 11) is -3.51. The van der Waals surface area contributed by atoms with E-state index in [-0.39, 0.29) is 17.5 Å². The van der Waals surface area contributed by atoms with Gasteiger partial charge >= 0.3 is 0 Å². The smallest absolute Gasteiger partial charge is 0.207 e. The van der Waals surface area contributed by atoms with Gasteiger partial charge in [-0.1, -0.05) is 19.1 Å². The van der Waals surface area contributed by atoms with Crippen molar-refractivity contribution in [1.29, 1.82) is 5.26 Å². The molecule has 0 bridgehead atoms. The Labute approximate surface area is 108 Å². The molecular weight excluding hydrogens is 248 g/mol. The number of nitriles is 1. The molecule has 1 aromatic rings. The van der Waals surface area contributed by atoms with Crippen LogP contribution in [0.2, 0.25) is 0 Å². The minimum Gasteiger partial charge on any atom is -0.207 e. The maximum absolute atomic E-state index is 12.4. The van der Waals surface area contributed by atoms with Crippen LogP contribution in [0, 0.1) is 11.3 Å². The normalized spacial score (nSPS) is 15.6. The van der Waals surface area contributed by atoms with Gasteiger partial charge < -0.3 is 0 Å². The van der Waals surface area contributed by atoms with Crippen molar-refractivity contribution in [2.24, 2.45) is 0 Å². The van der Waals surface area contributed by atoms with Gasteiger partial charge in [-0.15, -0.1) is 0 Å². The average molecular weight is 264 g/mol. The second-order valence-corrected chi connectivity index (χ2v) is 6.33. The Morgan fingerprint density at radius 2 is 1.94 bits per heavy atom. The molecule has 1 saturated carbocycles. The van der Waals surface area contributed by atoms with E-state index >= 15 is 0 Å². The Kier molecular flexibility index (Phi) is 3.69. The Morgan fingerprint density at radius 3 is 2.39 bits per heavy atom. The highest BCUT2D eigenvalue weighted by molar-refractivity contribution is 7.89. The quantitative estimate of drug-likeness (QED) is 0.763. The number of rotatable bonds is 5. The molecule has 0 spiro atoms. The van der Waals surface area contributed by atoms with Gasteiger partial charge in [-0.25, -0.2) is 8.42 Å². The van der Waals surface area contributed by atoms with Crippen LogP contribution in [0.5, 0.6) is 0 Å². The largest absolute Gasteiger partial charge is 0.244 e. The van der Waals surface area contributed by atoms with Gasteiger partial charge in [-0.05, 0) is 37.0 Å². The summed E-state index contributed by atoms with van der Waals surface area (Å²) in [5.74, 6) is 0. The van der Waals surface area contributed by atoms with Crippen molar-refractivity contribution in [1.82, 2.24) is 4.31 Å². The number of sulfonamides is 1. The zero-order valence-electron chi connectivity index (χ0n) is 10.3. The van der Waals surface area contributed by atoms with Gasteiger partial charge in [0.2, 0.25) is 10.0 Å². The molecule has 18 heavy (non-hydrogen) atoms. The average Bonchev–Trinajstić information content (AvgIpc) is 3.20. The molecule has 0 atom stereocenters. The molecule has 1 aromatic carbocycles. The van der Waals surface area contributed by atoms with E-state index < -0.39 is 10.0 Å². The van der Waals surface area contributed by atoms with Crippen molar-refractivity contribution in [3.8, 4) is 6.07 Å². The minimum atomic E-state index is -3.51. The third kappa shape index (κ3) is 2.55. The lowest BCUT2D eigenvalue weighted by Gasteiger charge is -2.18. The highest BCUT2D eigenvalue weighted by Crippen LogP contribution is 2.31. The molecule has 0 radical (unpaired) electrons. The first-order valence-electron chi connectivity index (χ1n) is 6.07. The van der Waals surface area contributed by atoms with Gasteiger partial charge in [0, 0.05) is 6.04 Å². The first-order chi connectivity index (χ1) is 8.59. The first kappa shape index (κ1) is 13.1. The second kappa shape index (κ2) is 5.09. The third-order valence-electron chi connectivity index (χ3n) is 3.12. The van der Waals surface area contributed by atoms with Crippen LogP contribution in [0.15, 0.2) is 29.2 Å². The van der Waals surface area contributed by atoms with Gasteiger partial charge in [0.15, 0.2) is 0 Å². The first-order valence-corrected chi connectivity index (χ1v) is 7.51. The molecule has 1 aliphatic carbocycles. The zero-order valence-corrected chi connectivity index (χ0v) is 11.2. The Balaban J connectivity index is 2.30. The predicted octanol–water partition coefficient (Wildman–Crippen LogP) is 1.93. The molecule has 2 rings (SSSR count). The second-order valence-electron chi connectivity index (χ2n) is 4.44. The van der Waals surface area contributed by atoms with Gasteiger partial charge in [0.25, 0.3) is 0 Å². The summed E-state index contributed by atoms with van der Waals surface area (Å²) in [6.07, 6.45) is 2.59. The van der Waals surface area contributed by atoms with Crippen LogP contribution in [-0.2, 0) is 16.4 Å². The van der Waals surface area contributed by atoms with E-state index in [0.717, 1.165) is 24.8 Å². The lowest BCUT2D eigenvalue weighted by molar-refractivity contribution is 0.439. The van der Waals surface area contributed by atoms with E-state index in [9.17, 15) is 8.42 Å². The molecule has 1 fully saturated rings. The van der Waals surface area contributed by atoms with Crippen LogP contribution in [0.25, 0.3) is 0 Å². The van der Waals surface area contributed by atoms with Gasteiger partial charge in [0.05, 0.1) is 11.0 Å². The topological polar surface area (TPSA) is 61.2 Å². The maximum atomic E-state index is 12.4. The van der Waals surface area contributed by atoms with Crippen LogP contribution in [-0.4, -0.2) is 25.3 Å². The van der Waals surface area contributed by atoms with Crippen LogP contribution in [0.4, 0.5) is 0 Å². The summed E-state index contributed by atoms with van der Waals surface area (Å²) in [4.78, 5) is 0.279. The van der Waals surface area contributed by atoms with Crippen LogP contribution >= 0.6 is 0 Å². The van der Waals surface area contributed by atoms with E-state index in [4.69, 9.17) is 5.26 Å². The molecule has 0 N–H and O–H groups in total. The fourth-order valence-corrected chi connectivity index (χ4v) is 3.46. The van der Waals surface area contributed by atoms with Crippen molar-refractivity contribution in [2.45, 2.75) is 37.1 Å². The van der Waals surface area contributed by atoms with Crippen molar-refractivity contribution < 1.29 is 8.42 Å². The number of nitrogens with zero attached hydrogens (tertiary/aromatic N) is 2. The Bertz CT molecular complexity index is 554. The van der Waals surface area contributed by atoms with Gasteiger partial charge in [-0.2, -0.15) is 9.57 Å². The fraction of sp³-hybridized carbons (Fsp3) is 0.462. The van der Waals surface area contributed by atoms with Crippen LogP contribution in [0.1, 0.15) is 25.3 Å². The standard InChI is InChI=1S/C13H16N2O2S/c1-2-11-3-7-13(8-4-11)18(16,17)15(10-9-14)12-5-6-12/h3-4,7-8,12H,2,5-6,10H2,1H3. The number of hydrogen-bond donors (Lipinski definition) is 0. The van der Waals surface area contributed by atoms with E-state index in [0.29, 0.717) is 0 Å².